The van der Waals surface area contributed by atoms with Gasteiger partial charge in [-0.25, -0.2) is 4.98 Å². The van der Waals surface area contributed by atoms with E-state index in [1.54, 1.807) is 41.6 Å². The number of alkyl halides is 3. The molecule has 0 spiro atoms. The molecule has 0 N–H and O–H groups in total. The fourth-order valence-electron chi connectivity index (χ4n) is 3.83. The minimum atomic E-state index is -4.37. The van der Waals surface area contributed by atoms with Crippen molar-refractivity contribution < 1.29 is 22.7 Å². The summed E-state index contributed by atoms with van der Waals surface area (Å²) in [6, 6.07) is 11.8. The fraction of sp³-hybridized carbons (Fsp3) is 0.333. The molecule has 0 radical (unpaired) electrons. The maximum atomic E-state index is 13.3. The van der Waals surface area contributed by atoms with E-state index < -0.39 is 11.7 Å². The lowest BCUT2D eigenvalue weighted by molar-refractivity contribution is -0.137. The van der Waals surface area contributed by atoms with Crippen molar-refractivity contribution in [1.29, 1.82) is 0 Å². The standard InChI is InChI=1S/C24H23ClF3N3O2/c25-20-9-5-18(6-10-20)23(32)31(15-21-2-1-13-33-21)16-22-29-11-12-30(22)14-17-3-7-19(8-4-17)24(26,27)28/h3-12,21H,1-2,13-16H2. The molecule has 4 rings (SSSR count). The van der Waals surface area contributed by atoms with Crippen LogP contribution in [0.5, 0.6) is 0 Å². The topological polar surface area (TPSA) is 47.4 Å². The van der Waals surface area contributed by atoms with E-state index in [0.717, 1.165) is 25.0 Å². The van der Waals surface area contributed by atoms with Crippen molar-refractivity contribution in [3.8, 4) is 0 Å². The molecule has 3 aromatic rings. The highest BCUT2D eigenvalue weighted by atomic mass is 35.5. The highest BCUT2D eigenvalue weighted by Gasteiger charge is 2.30. The number of imidazole rings is 1. The second-order valence-electron chi connectivity index (χ2n) is 7.99. The molecule has 1 atom stereocenters. The first-order chi connectivity index (χ1) is 15.8. The number of ether oxygens (including phenoxy) is 1. The number of amides is 1. The Bertz CT molecular complexity index is 1080. The summed E-state index contributed by atoms with van der Waals surface area (Å²) in [6.45, 7) is 1.69. The lowest BCUT2D eigenvalue weighted by Crippen LogP contribution is -2.37. The minimum absolute atomic E-state index is 0.0421. The third-order valence-electron chi connectivity index (χ3n) is 5.59. The quantitative estimate of drug-likeness (QED) is 0.456. The van der Waals surface area contributed by atoms with Crippen LogP contribution in [-0.4, -0.2) is 39.6 Å². The summed E-state index contributed by atoms with van der Waals surface area (Å²) in [5.74, 6) is 0.474. The first-order valence-corrected chi connectivity index (χ1v) is 11.0. The van der Waals surface area contributed by atoms with Crippen molar-refractivity contribution in [2.75, 3.05) is 13.2 Å². The normalized spacial score (nSPS) is 16.2. The van der Waals surface area contributed by atoms with Gasteiger partial charge in [0.2, 0.25) is 0 Å². The van der Waals surface area contributed by atoms with E-state index in [0.29, 0.717) is 41.7 Å². The molecular weight excluding hydrogens is 455 g/mol. The van der Waals surface area contributed by atoms with Crippen molar-refractivity contribution in [3.05, 3.63) is 88.5 Å². The molecule has 33 heavy (non-hydrogen) atoms. The van der Waals surface area contributed by atoms with Crippen LogP contribution < -0.4 is 0 Å². The second-order valence-corrected chi connectivity index (χ2v) is 8.43. The van der Waals surface area contributed by atoms with Crippen molar-refractivity contribution in [1.82, 2.24) is 14.5 Å². The molecule has 1 amide bonds. The lowest BCUT2D eigenvalue weighted by atomic mass is 10.1. The Balaban J connectivity index is 1.52. The number of carbonyl (C=O) groups excluding carboxylic acids is 1. The van der Waals surface area contributed by atoms with Crippen molar-refractivity contribution in [3.63, 3.8) is 0 Å². The van der Waals surface area contributed by atoms with Crippen molar-refractivity contribution >= 4 is 17.5 Å². The number of aromatic nitrogens is 2. The predicted octanol–water partition coefficient (Wildman–Crippen LogP) is 5.43. The Morgan fingerprint density at radius 1 is 1.15 bits per heavy atom. The monoisotopic (exact) mass is 477 g/mol. The predicted molar refractivity (Wildman–Crippen MR) is 118 cm³/mol. The molecule has 1 fully saturated rings. The van der Waals surface area contributed by atoms with Crippen LogP contribution in [0.25, 0.3) is 0 Å². The minimum Gasteiger partial charge on any atom is -0.376 e. The van der Waals surface area contributed by atoms with Gasteiger partial charge in [-0.1, -0.05) is 23.7 Å². The van der Waals surface area contributed by atoms with Crippen LogP contribution in [0, 0.1) is 0 Å². The van der Waals surface area contributed by atoms with E-state index in [1.165, 1.54) is 12.1 Å². The number of hydrogen-bond acceptors (Lipinski definition) is 3. The highest BCUT2D eigenvalue weighted by Crippen LogP contribution is 2.29. The van der Waals surface area contributed by atoms with Gasteiger partial charge in [-0.3, -0.25) is 4.79 Å². The molecule has 9 heteroatoms. The third-order valence-corrected chi connectivity index (χ3v) is 5.85. The molecule has 0 bridgehead atoms. The van der Waals surface area contributed by atoms with Crippen molar-refractivity contribution in [2.45, 2.75) is 38.2 Å². The summed E-state index contributed by atoms with van der Waals surface area (Å²) in [5.41, 5.74) is 0.531. The smallest absolute Gasteiger partial charge is 0.376 e. The van der Waals surface area contributed by atoms with Crippen molar-refractivity contribution in [2.24, 2.45) is 0 Å². The van der Waals surface area contributed by atoms with E-state index in [-0.39, 0.29) is 18.6 Å². The molecule has 1 aliphatic rings. The van der Waals surface area contributed by atoms with Crippen LogP contribution in [0.4, 0.5) is 13.2 Å². The van der Waals surface area contributed by atoms with Gasteiger partial charge in [0.1, 0.15) is 5.82 Å². The van der Waals surface area contributed by atoms with Gasteiger partial charge < -0.3 is 14.2 Å². The summed E-state index contributed by atoms with van der Waals surface area (Å²) >= 11 is 5.96. The zero-order chi connectivity index (χ0) is 23.4. The van der Waals surface area contributed by atoms with E-state index in [1.807, 2.05) is 4.57 Å². The molecule has 1 unspecified atom stereocenters. The SMILES string of the molecule is O=C(c1ccc(Cl)cc1)N(Cc1nccn1Cc1ccc(C(F)(F)F)cc1)CC1CCCO1. The molecule has 0 aliphatic carbocycles. The second kappa shape index (κ2) is 9.97. The first-order valence-electron chi connectivity index (χ1n) is 10.6. The number of carbonyl (C=O) groups is 1. The van der Waals surface area contributed by atoms with Crippen LogP contribution in [-0.2, 0) is 24.0 Å². The Morgan fingerprint density at radius 3 is 2.52 bits per heavy atom. The summed E-state index contributed by atoms with van der Waals surface area (Å²) in [7, 11) is 0. The Kier molecular flexibility index (Phi) is 7.05. The number of rotatable bonds is 7. The van der Waals surface area contributed by atoms with Gasteiger partial charge >= 0.3 is 6.18 Å². The zero-order valence-electron chi connectivity index (χ0n) is 17.8. The Labute approximate surface area is 194 Å². The van der Waals surface area contributed by atoms with Gasteiger partial charge in [0.05, 0.1) is 18.2 Å². The van der Waals surface area contributed by atoms with Gasteiger partial charge in [-0.05, 0) is 54.8 Å². The number of benzene rings is 2. The van der Waals surface area contributed by atoms with E-state index in [9.17, 15) is 18.0 Å². The number of nitrogens with zero attached hydrogens (tertiary/aromatic N) is 3. The van der Waals surface area contributed by atoms with Crippen LogP contribution in [0.1, 0.15) is 40.2 Å². The van der Waals surface area contributed by atoms with Gasteiger partial charge in [0.25, 0.3) is 5.91 Å². The lowest BCUT2D eigenvalue weighted by Gasteiger charge is -2.26. The van der Waals surface area contributed by atoms with Crippen LogP contribution in [0.3, 0.4) is 0 Å². The molecule has 0 saturated carbocycles. The van der Waals surface area contributed by atoms with E-state index >= 15 is 0 Å². The van der Waals surface area contributed by atoms with Crippen LogP contribution >= 0.6 is 11.6 Å². The van der Waals surface area contributed by atoms with Gasteiger partial charge in [0, 0.05) is 42.7 Å². The summed E-state index contributed by atoms with van der Waals surface area (Å²) in [6.07, 6.45) is 0.796. The average molecular weight is 478 g/mol. The number of halogens is 4. The molecule has 174 valence electrons. The first kappa shape index (κ1) is 23.3. The highest BCUT2D eigenvalue weighted by molar-refractivity contribution is 6.30. The maximum Gasteiger partial charge on any atom is 0.416 e. The van der Waals surface area contributed by atoms with E-state index in [2.05, 4.69) is 4.98 Å². The molecule has 1 aliphatic heterocycles. The average Bonchev–Trinajstić information content (AvgIpc) is 3.45. The van der Waals surface area contributed by atoms with Gasteiger partial charge in [-0.2, -0.15) is 13.2 Å². The number of hydrogen-bond donors (Lipinski definition) is 0. The molecule has 1 aromatic heterocycles. The van der Waals surface area contributed by atoms with Gasteiger partial charge in [0.15, 0.2) is 0 Å². The third kappa shape index (κ3) is 5.94. The molecule has 5 nitrogen and oxygen atoms in total. The summed E-state index contributed by atoms with van der Waals surface area (Å²) in [5, 5.41) is 0.546. The van der Waals surface area contributed by atoms with Crippen LogP contribution in [0.2, 0.25) is 5.02 Å². The molecule has 1 saturated heterocycles. The molecule has 2 heterocycles. The van der Waals surface area contributed by atoms with E-state index in [4.69, 9.17) is 16.3 Å². The molecular formula is C24H23ClF3N3O2. The Hall–Kier alpha value is -2.84. The largest absolute Gasteiger partial charge is 0.416 e. The fourth-order valence-corrected chi connectivity index (χ4v) is 3.96. The Morgan fingerprint density at radius 2 is 1.88 bits per heavy atom. The summed E-state index contributed by atoms with van der Waals surface area (Å²) < 4.78 is 46.1. The summed E-state index contributed by atoms with van der Waals surface area (Å²) in [4.78, 5) is 19.4. The van der Waals surface area contributed by atoms with Gasteiger partial charge in [-0.15, -0.1) is 0 Å². The zero-order valence-corrected chi connectivity index (χ0v) is 18.5. The molecule has 2 aromatic carbocycles. The maximum absolute atomic E-state index is 13.3. The van der Waals surface area contributed by atoms with Crippen LogP contribution in [0.15, 0.2) is 60.9 Å².